The molecule has 1 aromatic rings. The maximum Gasteiger partial charge on any atom is 0.132 e. The van der Waals surface area contributed by atoms with Gasteiger partial charge in [-0.3, -0.25) is 0 Å². The molecule has 1 aliphatic heterocycles. The third-order valence-electron chi connectivity index (χ3n) is 4.56. The van der Waals surface area contributed by atoms with Crippen LogP contribution in [0.3, 0.4) is 0 Å². The van der Waals surface area contributed by atoms with E-state index in [1.807, 2.05) is 12.1 Å². The number of benzene rings is 1. The van der Waals surface area contributed by atoms with Crippen LogP contribution in [-0.4, -0.2) is 24.1 Å². The van der Waals surface area contributed by atoms with Crippen LogP contribution in [0.4, 0.5) is 4.39 Å². The molecule has 0 radical (unpaired) electrons. The highest BCUT2D eigenvalue weighted by Crippen LogP contribution is 2.42. The Bertz CT molecular complexity index is 409. The van der Waals surface area contributed by atoms with Crippen LogP contribution < -0.4 is 24.0 Å². The summed E-state index contributed by atoms with van der Waals surface area (Å²) in [6.45, 7) is 2.12. The zero-order valence-corrected chi connectivity index (χ0v) is 12.4. The summed E-state index contributed by atoms with van der Waals surface area (Å²) in [5, 5.41) is 0. The highest BCUT2D eigenvalue weighted by molar-refractivity contribution is 5.16. The van der Waals surface area contributed by atoms with Crippen molar-refractivity contribution in [3.63, 3.8) is 0 Å². The summed E-state index contributed by atoms with van der Waals surface area (Å²) in [4.78, 5) is 0. The Hall–Kier alpha value is -0.160. The van der Waals surface area contributed by atoms with Crippen LogP contribution in [0.5, 0.6) is 0 Å². The Labute approximate surface area is 120 Å². The first kappa shape index (κ1) is 13.3. The van der Waals surface area contributed by atoms with Gasteiger partial charge in [0.05, 0.1) is 19.6 Å². The first-order valence-corrected chi connectivity index (χ1v) is 6.25. The Kier molecular flexibility index (Phi) is 3.78. The summed E-state index contributed by atoms with van der Waals surface area (Å²) in [5.74, 6) is 0.867. The lowest BCUT2D eigenvalue weighted by Crippen LogP contribution is -3.00. The van der Waals surface area contributed by atoms with Gasteiger partial charge in [0.25, 0.3) is 0 Å². The van der Waals surface area contributed by atoms with Gasteiger partial charge in [0.1, 0.15) is 12.4 Å². The molecule has 3 rings (SSSR count). The summed E-state index contributed by atoms with van der Waals surface area (Å²) in [5.41, 5.74) is 0.887. The second-order valence-corrected chi connectivity index (χ2v) is 5.74. The smallest absolute Gasteiger partial charge is 0.132 e. The number of fused-ring (bicyclic) bond motifs is 2. The molecule has 2 bridgehead atoms. The quantitative estimate of drug-likeness (QED) is 0.520. The fourth-order valence-corrected chi connectivity index (χ4v) is 3.73. The molecular formula is C14H19FIN. The maximum absolute atomic E-state index is 13.6. The lowest BCUT2D eigenvalue weighted by Gasteiger charge is -2.38. The minimum atomic E-state index is -0.0374. The summed E-state index contributed by atoms with van der Waals surface area (Å²) in [7, 11) is 2.30. The third-order valence-corrected chi connectivity index (χ3v) is 4.56. The number of piperidine rings is 1. The molecule has 0 aromatic heterocycles. The third kappa shape index (κ3) is 2.36. The highest BCUT2D eigenvalue weighted by atomic mass is 127. The van der Waals surface area contributed by atoms with Crippen molar-refractivity contribution in [3.05, 3.63) is 35.6 Å². The van der Waals surface area contributed by atoms with E-state index in [-0.39, 0.29) is 29.8 Å². The summed E-state index contributed by atoms with van der Waals surface area (Å²) < 4.78 is 14.7. The average molecular weight is 347 g/mol. The molecule has 2 unspecified atom stereocenters. The Morgan fingerprint density at radius 2 is 2.06 bits per heavy atom. The largest absolute Gasteiger partial charge is 1.00 e. The number of hydrogen-bond acceptors (Lipinski definition) is 0. The second-order valence-electron chi connectivity index (χ2n) is 5.74. The van der Waals surface area contributed by atoms with Gasteiger partial charge in [-0.2, -0.15) is 0 Å². The van der Waals surface area contributed by atoms with E-state index < -0.39 is 0 Å². The van der Waals surface area contributed by atoms with E-state index in [2.05, 4.69) is 7.05 Å². The van der Waals surface area contributed by atoms with E-state index in [1.165, 1.54) is 25.8 Å². The number of halogens is 2. The summed E-state index contributed by atoms with van der Waals surface area (Å²) >= 11 is 0. The molecule has 0 N–H and O–H groups in total. The van der Waals surface area contributed by atoms with Gasteiger partial charge in [0.2, 0.25) is 0 Å². The van der Waals surface area contributed by atoms with Crippen molar-refractivity contribution in [2.24, 2.45) is 5.92 Å². The molecule has 3 heteroatoms. The molecule has 1 aliphatic carbocycles. The topological polar surface area (TPSA) is 0 Å². The molecule has 0 amide bonds. The van der Waals surface area contributed by atoms with Crippen molar-refractivity contribution in [2.45, 2.75) is 31.8 Å². The molecular weight excluding hydrogens is 328 g/mol. The highest BCUT2D eigenvalue weighted by Gasteiger charge is 2.48. The zero-order chi connectivity index (χ0) is 11.2. The predicted octanol–water partition coefficient (Wildman–Crippen LogP) is -0.0414. The molecule has 1 saturated heterocycles. The van der Waals surface area contributed by atoms with E-state index in [0.717, 1.165) is 28.6 Å². The first-order chi connectivity index (χ1) is 7.67. The second kappa shape index (κ2) is 4.84. The minimum Gasteiger partial charge on any atom is -1.00 e. The van der Waals surface area contributed by atoms with Gasteiger partial charge in [0, 0.05) is 17.9 Å². The zero-order valence-electron chi connectivity index (χ0n) is 10.2. The number of quaternary nitrogens is 1. The average Bonchev–Trinajstić information content (AvgIpc) is 2.81. The maximum atomic E-state index is 13.6. The standard InChI is InChI=1S/C14H19FN.HI/c1-16(9-11-6-7-13(16)8-11)10-12-4-2-3-5-14(12)15;/h2-5,11,13H,6-10H2,1H3;1H/q+1;/p-1/t11?,13?,16-;/m0./s1. The van der Waals surface area contributed by atoms with Gasteiger partial charge in [-0.05, 0) is 18.9 Å². The molecule has 1 saturated carbocycles. The molecule has 94 valence electrons. The minimum absolute atomic E-state index is 0. The molecule has 2 fully saturated rings. The molecule has 1 heterocycles. The molecule has 1 nitrogen and oxygen atoms in total. The number of nitrogens with zero attached hydrogens (tertiary/aromatic N) is 1. The lowest BCUT2D eigenvalue weighted by atomic mass is 10.1. The molecule has 2 aliphatic rings. The van der Waals surface area contributed by atoms with Crippen molar-refractivity contribution in [2.75, 3.05) is 13.6 Å². The van der Waals surface area contributed by atoms with Crippen LogP contribution in [0, 0.1) is 11.7 Å². The van der Waals surface area contributed by atoms with Crippen molar-refractivity contribution in [1.82, 2.24) is 0 Å². The SMILES string of the molecule is C[N@@+]1(Cc2ccccc2F)CC2CCC1C2.[I-]. The van der Waals surface area contributed by atoms with Crippen molar-refractivity contribution < 1.29 is 32.9 Å². The van der Waals surface area contributed by atoms with Crippen LogP contribution in [0.15, 0.2) is 24.3 Å². The summed E-state index contributed by atoms with van der Waals surface area (Å²) in [6.07, 6.45) is 4.11. The molecule has 3 atom stereocenters. The monoisotopic (exact) mass is 347 g/mol. The van der Waals surface area contributed by atoms with Gasteiger partial charge in [-0.15, -0.1) is 0 Å². The van der Waals surface area contributed by atoms with Crippen LogP contribution >= 0.6 is 0 Å². The Balaban J connectivity index is 0.00000108. The van der Waals surface area contributed by atoms with Gasteiger partial charge in [-0.25, -0.2) is 4.39 Å². The van der Waals surface area contributed by atoms with Gasteiger partial charge >= 0.3 is 0 Å². The van der Waals surface area contributed by atoms with Gasteiger partial charge < -0.3 is 28.5 Å². The lowest BCUT2D eigenvalue weighted by molar-refractivity contribution is -0.938. The summed E-state index contributed by atoms with van der Waals surface area (Å²) in [6, 6.07) is 8.01. The normalized spacial score (nSPS) is 34.7. The Morgan fingerprint density at radius 1 is 1.29 bits per heavy atom. The molecule has 0 spiro atoms. The van der Waals surface area contributed by atoms with Crippen LogP contribution in [0.2, 0.25) is 0 Å². The van der Waals surface area contributed by atoms with Gasteiger partial charge in [-0.1, -0.05) is 18.2 Å². The van der Waals surface area contributed by atoms with E-state index in [9.17, 15) is 4.39 Å². The fourth-order valence-electron chi connectivity index (χ4n) is 3.73. The van der Waals surface area contributed by atoms with E-state index >= 15 is 0 Å². The van der Waals surface area contributed by atoms with Crippen LogP contribution in [0.1, 0.15) is 24.8 Å². The molecule has 17 heavy (non-hydrogen) atoms. The first-order valence-electron chi connectivity index (χ1n) is 6.25. The number of likely N-dealkylation sites (tertiary alicyclic amines) is 1. The predicted molar refractivity (Wildman–Crippen MR) is 62.3 cm³/mol. The van der Waals surface area contributed by atoms with Crippen molar-refractivity contribution in [1.29, 1.82) is 0 Å². The van der Waals surface area contributed by atoms with Crippen LogP contribution in [0.25, 0.3) is 0 Å². The molecule has 1 aromatic carbocycles. The fraction of sp³-hybridized carbons (Fsp3) is 0.571. The van der Waals surface area contributed by atoms with E-state index in [1.54, 1.807) is 12.1 Å². The van der Waals surface area contributed by atoms with Crippen molar-refractivity contribution >= 4 is 0 Å². The van der Waals surface area contributed by atoms with E-state index in [0.29, 0.717) is 0 Å². The number of rotatable bonds is 2. The van der Waals surface area contributed by atoms with Gasteiger partial charge in [0.15, 0.2) is 0 Å². The van der Waals surface area contributed by atoms with Crippen molar-refractivity contribution in [3.8, 4) is 0 Å². The Morgan fingerprint density at radius 3 is 2.65 bits per heavy atom. The van der Waals surface area contributed by atoms with Crippen LogP contribution in [-0.2, 0) is 6.54 Å². The number of hydrogen-bond donors (Lipinski definition) is 0. The van der Waals surface area contributed by atoms with E-state index in [4.69, 9.17) is 0 Å².